The van der Waals surface area contributed by atoms with E-state index >= 15 is 0 Å². The largest absolute Gasteiger partial charge is 0.321 e. The first-order chi connectivity index (χ1) is 13.1. The van der Waals surface area contributed by atoms with Crippen LogP contribution in [0.2, 0.25) is 0 Å². The number of halogens is 2. The summed E-state index contributed by atoms with van der Waals surface area (Å²) in [6.45, 7) is 0. The van der Waals surface area contributed by atoms with E-state index in [-0.39, 0.29) is 5.91 Å². The molecule has 4 aromatic rings. The van der Waals surface area contributed by atoms with Crippen molar-refractivity contribution in [1.82, 2.24) is 0 Å². The minimum atomic E-state index is -0.148. The molecule has 0 radical (unpaired) electrons. The number of anilines is 1. The van der Waals surface area contributed by atoms with Gasteiger partial charge in [-0.25, -0.2) is 0 Å². The Labute approximate surface area is 174 Å². The van der Waals surface area contributed by atoms with E-state index in [1.165, 1.54) is 5.39 Å². The predicted octanol–water partition coefficient (Wildman–Crippen LogP) is 7.28. The van der Waals surface area contributed by atoms with Gasteiger partial charge in [0.15, 0.2) is 0 Å². The Morgan fingerprint density at radius 3 is 2.15 bits per heavy atom. The normalized spacial score (nSPS) is 10.7. The lowest BCUT2D eigenvalue weighted by Gasteiger charge is -2.14. The molecule has 1 amide bonds. The Morgan fingerprint density at radius 2 is 1.33 bits per heavy atom. The molecule has 0 aliphatic rings. The van der Waals surface area contributed by atoms with Crippen LogP contribution >= 0.6 is 31.9 Å². The highest BCUT2D eigenvalue weighted by molar-refractivity contribution is 9.11. The molecule has 0 heterocycles. The summed E-state index contributed by atoms with van der Waals surface area (Å²) in [6.07, 6.45) is 0. The first-order valence-electron chi connectivity index (χ1n) is 8.46. The summed E-state index contributed by atoms with van der Waals surface area (Å²) in [6, 6.07) is 27.9. The predicted molar refractivity (Wildman–Crippen MR) is 119 cm³/mol. The van der Waals surface area contributed by atoms with Crippen molar-refractivity contribution in [3.05, 3.63) is 99.4 Å². The lowest BCUT2D eigenvalue weighted by atomic mass is 9.97. The zero-order valence-electron chi connectivity index (χ0n) is 14.2. The quantitative estimate of drug-likeness (QED) is 0.327. The molecule has 4 rings (SSSR count). The highest BCUT2D eigenvalue weighted by Crippen LogP contribution is 2.34. The van der Waals surface area contributed by atoms with Crippen LogP contribution in [0.25, 0.3) is 21.9 Å². The summed E-state index contributed by atoms with van der Waals surface area (Å²) >= 11 is 6.87. The Balaban J connectivity index is 1.76. The molecule has 0 unspecified atom stereocenters. The maximum atomic E-state index is 12.8. The van der Waals surface area contributed by atoms with Gasteiger partial charge in [-0.05, 0) is 40.6 Å². The summed E-state index contributed by atoms with van der Waals surface area (Å²) in [5.74, 6) is -0.148. The third-order valence-electron chi connectivity index (χ3n) is 4.38. The topological polar surface area (TPSA) is 29.1 Å². The van der Waals surface area contributed by atoms with E-state index in [1.54, 1.807) is 12.1 Å². The van der Waals surface area contributed by atoms with Crippen molar-refractivity contribution in [2.75, 3.05) is 5.32 Å². The van der Waals surface area contributed by atoms with Crippen LogP contribution in [-0.4, -0.2) is 5.91 Å². The fourth-order valence-electron chi connectivity index (χ4n) is 3.17. The Bertz CT molecular complexity index is 1130. The van der Waals surface area contributed by atoms with Gasteiger partial charge in [-0.3, -0.25) is 4.79 Å². The summed E-state index contributed by atoms with van der Waals surface area (Å²) in [5, 5.41) is 5.40. The standard InChI is InChI=1S/C23H15Br2NO/c24-17-12-16(13-18(25)14-17)23(27)26-22-11-4-3-9-21(22)20-10-5-7-15-6-1-2-8-19(15)20/h1-14H,(H,26,27). The average molecular weight is 481 g/mol. The van der Waals surface area contributed by atoms with Gasteiger partial charge in [0.1, 0.15) is 0 Å². The van der Waals surface area contributed by atoms with Gasteiger partial charge >= 0.3 is 0 Å². The Morgan fingerprint density at radius 1 is 0.704 bits per heavy atom. The van der Waals surface area contributed by atoms with E-state index in [9.17, 15) is 4.79 Å². The van der Waals surface area contributed by atoms with Crippen molar-refractivity contribution in [3.8, 4) is 11.1 Å². The van der Waals surface area contributed by atoms with E-state index in [0.29, 0.717) is 5.56 Å². The number of para-hydroxylation sites is 1. The molecule has 0 aromatic heterocycles. The third kappa shape index (κ3) is 3.82. The number of rotatable bonds is 3. The molecular weight excluding hydrogens is 466 g/mol. The molecule has 1 N–H and O–H groups in total. The van der Waals surface area contributed by atoms with Gasteiger partial charge < -0.3 is 5.32 Å². The van der Waals surface area contributed by atoms with E-state index in [4.69, 9.17) is 0 Å². The highest BCUT2D eigenvalue weighted by Gasteiger charge is 2.13. The second kappa shape index (κ2) is 7.67. The van der Waals surface area contributed by atoms with Crippen LogP contribution < -0.4 is 5.32 Å². The van der Waals surface area contributed by atoms with Gasteiger partial charge in [-0.2, -0.15) is 0 Å². The molecule has 0 aliphatic heterocycles. The van der Waals surface area contributed by atoms with Crippen LogP contribution in [0.15, 0.2) is 93.9 Å². The maximum absolute atomic E-state index is 12.8. The van der Waals surface area contributed by atoms with E-state index in [0.717, 1.165) is 31.1 Å². The van der Waals surface area contributed by atoms with Crippen LogP contribution in [0, 0.1) is 0 Å². The fourth-order valence-corrected chi connectivity index (χ4v) is 4.46. The second-order valence-electron chi connectivity index (χ2n) is 6.18. The van der Waals surface area contributed by atoms with Crippen LogP contribution in [0.5, 0.6) is 0 Å². The van der Waals surface area contributed by atoms with Crippen LogP contribution in [0.4, 0.5) is 5.69 Å². The van der Waals surface area contributed by atoms with Crippen molar-refractivity contribution in [2.45, 2.75) is 0 Å². The molecule has 4 heteroatoms. The summed E-state index contributed by atoms with van der Waals surface area (Å²) in [7, 11) is 0. The number of benzene rings is 4. The van der Waals surface area contributed by atoms with Gasteiger partial charge in [0, 0.05) is 25.8 Å². The minimum absolute atomic E-state index is 0.148. The van der Waals surface area contributed by atoms with E-state index < -0.39 is 0 Å². The Kier molecular flexibility index (Phi) is 5.10. The van der Waals surface area contributed by atoms with E-state index in [1.807, 2.05) is 48.5 Å². The number of fused-ring (bicyclic) bond motifs is 1. The molecular formula is C23H15Br2NO. The smallest absolute Gasteiger partial charge is 0.255 e. The van der Waals surface area contributed by atoms with Crippen molar-refractivity contribution < 1.29 is 4.79 Å². The minimum Gasteiger partial charge on any atom is -0.321 e. The van der Waals surface area contributed by atoms with Gasteiger partial charge in [-0.1, -0.05) is 92.5 Å². The molecule has 0 fully saturated rings. The van der Waals surface area contributed by atoms with Crippen molar-refractivity contribution in [3.63, 3.8) is 0 Å². The van der Waals surface area contributed by atoms with Gasteiger partial charge in [0.25, 0.3) is 5.91 Å². The molecule has 0 saturated carbocycles. The summed E-state index contributed by atoms with van der Waals surface area (Å²) in [5.41, 5.74) is 3.47. The number of carbonyl (C=O) groups is 1. The molecule has 0 aliphatic carbocycles. The highest BCUT2D eigenvalue weighted by atomic mass is 79.9. The SMILES string of the molecule is O=C(Nc1ccccc1-c1cccc2ccccc12)c1cc(Br)cc(Br)c1. The average Bonchev–Trinajstić information content (AvgIpc) is 2.67. The summed E-state index contributed by atoms with van der Waals surface area (Å²) in [4.78, 5) is 12.8. The molecule has 4 aromatic carbocycles. The molecule has 27 heavy (non-hydrogen) atoms. The number of hydrogen-bond donors (Lipinski definition) is 1. The molecule has 2 nitrogen and oxygen atoms in total. The van der Waals surface area contributed by atoms with Gasteiger partial charge in [0.05, 0.1) is 0 Å². The molecule has 0 saturated heterocycles. The maximum Gasteiger partial charge on any atom is 0.255 e. The number of hydrogen-bond acceptors (Lipinski definition) is 1. The fraction of sp³-hybridized carbons (Fsp3) is 0. The second-order valence-corrected chi connectivity index (χ2v) is 8.02. The van der Waals surface area contributed by atoms with Crippen LogP contribution in [-0.2, 0) is 0 Å². The molecule has 0 bridgehead atoms. The molecule has 0 spiro atoms. The van der Waals surface area contributed by atoms with Gasteiger partial charge in [-0.15, -0.1) is 0 Å². The van der Waals surface area contributed by atoms with Crippen molar-refractivity contribution in [2.24, 2.45) is 0 Å². The number of carbonyl (C=O) groups excluding carboxylic acids is 1. The number of nitrogens with one attached hydrogen (secondary N) is 1. The zero-order valence-corrected chi connectivity index (χ0v) is 17.4. The van der Waals surface area contributed by atoms with Crippen LogP contribution in [0.3, 0.4) is 0 Å². The zero-order chi connectivity index (χ0) is 18.8. The van der Waals surface area contributed by atoms with Crippen molar-refractivity contribution in [1.29, 1.82) is 0 Å². The lowest BCUT2D eigenvalue weighted by Crippen LogP contribution is -2.12. The first kappa shape index (κ1) is 18.0. The van der Waals surface area contributed by atoms with Gasteiger partial charge in [0.2, 0.25) is 0 Å². The monoisotopic (exact) mass is 479 g/mol. The van der Waals surface area contributed by atoms with Crippen LogP contribution in [0.1, 0.15) is 10.4 Å². The third-order valence-corrected chi connectivity index (χ3v) is 5.30. The molecule has 132 valence electrons. The first-order valence-corrected chi connectivity index (χ1v) is 10.0. The number of amides is 1. The van der Waals surface area contributed by atoms with E-state index in [2.05, 4.69) is 61.4 Å². The Hall–Kier alpha value is -2.43. The van der Waals surface area contributed by atoms with Crippen molar-refractivity contribution >= 4 is 54.2 Å². The summed E-state index contributed by atoms with van der Waals surface area (Å²) < 4.78 is 1.70. The molecule has 0 atom stereocenters. The lowest BCUT2D eigenvalue weighted by molar-refractivity contribution is 0.102.